The maximum atomic E-state index is 12.8. The molecule has 0 aliphatic heterocycles. The third-order valence-corrected chi connectivity index (χ3v) is 4.02. The summed E-state index contributed by atoms with van der Waals surface area (Å²) >= 11 is 0. The van der Waals surface area contributed by atoms with Gasteiger partial charge in [0.25, 0.3) is 0 Å². The smallest absolute Gasteiger partial charge is 0.416 e. The van der Waals surface area contributed by atoms with Crippen LogP contribution in [0.2, 0.25) is 0 Å². The lowest BCUT2D eigenvalue weighted by Gasteiger charge is -2.14. The first-order valence-electron chi connectivity index (χ1n) is 8.74. The first kappa shape index (κ1) is 19.9. The van der Waals surface area contributed by atoms with E-state index >= 15 is 0 Å². The van der Waals surface area contributed by atoms with Crippen LogP contribution in [-0.4, -0.2) is 35.2 Å². The first-order valence-corrected chi connectivity index (χ1v) is 8.74. The Kier molecular flexibility index (Phi) is 6.30. The maximum Gasteiger partial charge on any atom is 0.416 e. The molecule has 0 saturated carbocycles. The van der Waals surface area contributed by atoms with Crippen LogP contribution in [0.25, 0.3) is 0 Å². The van der Waals surface area contributed by atoms with E-state index in [9.17, 15) is 13.2 Å². The number of hydrogen-bond donors (Lipinski definition) is 0. The molecular formula is C20H20F3N3O2. The molecule has 0 aliphatic carbocycles. The molecule has 0 fully saturated rings. The van der Waals surface area contributed by atoms with E-state index in [1.807, 2.05) is 42.3 Å². The molecule has 1 aromatic heterocycles. The van der Waals surface area contributed by atoms with E-state index in [1.54, 1.807) is 6.07 Å². The minimum atomic E-state index is -4.37. The van der Waals surface area contributed by atoms with Gasteiger partial charge >= 0.3 is 6.18 Å². The minimum Gasteiger partial charge on any atom is -0.492 e. The molecule has 0 amide bonds. The second-order valence-corrected chi connectivity index (χ2v) is 6.38. The van der Waals surface area contributed by atoms with Crippen molar-refractivity contribution in [1.29, 1.82) is 0 Å². The van der Waals surface area contributed by atoms with Crippen molar-refractivity contribution in [1.82, 2.24) is 15.0 Å². The molecule has 5 nitrogen and oxygen atoms in total. The fraction of sp³-hybridized carbons (Fsp3) is 0.300. The predicted octanol–water partition coefficient (Wildman–Crippen LogP) is 4.19. The van der Waals surface area contributed by atoms with Gasteiger partial charge in [0.05, 0.1) is 12.1 Å². The molecule has 28 heavy (non-hydrogen) atoms. The number of halogens is 3. The molecular weight excluding hydrogens is 371 g/mol. The zero-order chi connectivity index (χ0) is 20.0. The second kappa shape index (κ2) is 8.88. The number of nitrogens with zero attached hydrogens (tertiary/aromatic N) is 3. The third kappa shape index (κ3) is 5.82. The minimum absolute atomic E-state index is 0.175. The summed E-state index contributed by atoms with van der Waals surface area (Å²) in [5, 5.41) is 3.86. The van der Waals surface area contributed by atoms with Gasteiger partial charge in [-0.3, -0.25) is 4.90 Å². The highest BCUT2D eigenvalue weighted by molar-refractivity contribution is 5.27. The van der Waals surface area contributed by atoms with Gasteiger partial charge in [-0.25, -0.2) is 0 Å². The Morgan fingerprint density at radius 3 is 2.61 bits per heavy atom. The average molecular weight is 391 g/mol. The van der Waals surface area contributed by atoms with Crippen molar-refractivity contribution < 1.29 is 22.4 Å². The fourth-order valence-electron chi connectivity index (χ4n) is 2.61. The van der Waals surface area contributed by atoms with Gasteiger partial charge < -0.3 is 9.26 Å². The lowest BCUT2D eigenvalue weighted by atomic mass is 10.1. The summed E-state index contributed by atoms with van der Waals surface area (Å²) < 4.78 is 49.2. The summed E-state index contributed by atoms with van der Waals surface area (Å²) in [4.78, 5) is 6.22. The van der Waals surface area contributed by atoms with Crippen LogP contribution in [0.15, 0.2) is 59.1 Å². The van der Waals surface area contributed by atoms with Crippen molar-refractivity contribution in [2.24, 2.45) is 0 Å². The standard InChI is InChI=1S/C20H20F3N3O2/c1-26(10-11-27-17-8-3-2-4-9-17)14-19-24-18(25-28-19)13-15-6-5-7-16(12-15)20(21,22)23/h2-9,12H,10-11,13-14H2,1H3. The number of hydrogen-bond acceptors (Lipinski definition) is 5. The quantitative estimate of drug-likeness (QED) is 0.576. The van der Waals surface area contributed by atoms with Gasteiger partial charge in [0.1, 0.15) is 12.4 Å². The Morgan fingerprint density at radius 2 is 1.86 bits per heavy atom. The molecule has 3 aromatic rings. The molecule has 0 N–H and O–H groups in total. The lowest BCUT2D eigenvalue weighted by Crippen LogP contribution is -2.24. The molecule has 0 saturated heterocycles. The van der Waals surface area contributed by atoms with Crippen LogP contribution in [-0.2, 0) is 19.1 Å². The number of likely N-dealkylation sites (N-methyl/N-ethyl adjacent to an activating group) is 1. The van der Waals surface area contributed by atoms with Crippen LogP contribution in [0.4, 0.5) is 13.2 Å². The summed E-state index contributed by atoms with van der Waals surface area (Å²) in [5.74, 6) is 1.56. The van der Waals surface area contributed by atoms with Gasteiger partial charge in [0.2, 0.25) is 5.89 Å². The number of alkyl halides is 3. The van der Waals surface area contributed by atoms with Crippen molar-refractivity contribution in [3.05, 3.63) is 77.4 Å². The Hall–Kier alpha value is -2.87. The van der Waals surface area contributed by atoms with Crippen molar-refractivity contribution in [3.8, 4) is 5.75 Å². The SMILES string of the molecule is CN(CCOc1ccccc1)Cc1nc(Cc2cccc(C(F)(F)F)c2)no1. The van der Waals surface area contributed by atoms with E-state index in [4.69, 9.17) is 9.26 Å². The van der Waals surface area contributed by atoms with E-state index in [0.29, 0.717) is 37.0 Å². The van der Waals surface area contributed by atoms with E-state index < -0.39 is 11.7 Å². The summed E-state index contributed by atoms with van der Waals surface area (Å²) in [6.07, 6.45) is -4.20. The number of benzene rings is 2. The molecule has 0 spiro atoms. The van der Waals surface area contributed by atoms with Gasteiger partial charge in [-0.1, -0.05) is 41.6 Å². The molecule has 0 unspecified atom stereocenters. The van der Waals surface area contributed by atoms with Crippen molar-refractivity contribution in [3.63, 3.8) is 0 Å². The van der Waals surface area contributed by atoms with E-state index in [-0.39, 0.29) is 6.42 Å². The van der Waals surface area contributed by atoms with E-state index in [2.05, 4.69) is 10.1 Å². The van der Waals surface area contributed by atoms with Crippen LogP contribution in [0.3, 0.4) is 0 Å². The highest BCUT2D eigenvalue weighted by atomic mass is 19.4. The number of aromatic nitrogens is 2. The van der Waals surface area contributed by atoms with Gasteiger partial charge in [0.15, 0.2) is 5.82 Å². The fourth-order valence-corrected chi connectivity index (χ4v) is 2.61. The second-order valence-electron chi connectivity index (χ2n) is 6.38. The lowest BCUT2D eigenvalue weighted by molar-refractivity contribution is -0.137. The Morgan fingerprint density at radius 1 is 1.07 bits per heavy atom. The Balaban J connectivity index is 1.50. The predicted molar refractivity (Wildman–Crippen MR) is 96.8 cm³/mol. The van der Waals surface area contributed by atoms with Crippen molar-refractivity contribution in [2.75, 3.05) is 20.2 Å². The molecule has 0 aliphatic rings. The molecule has 2 aromatic carbocycles. The summed E-state index contributed by atoms with van der Waals surface area (Å²) in [5.41, 5.74) is -0.210. The largest absolute Gasteiger partial charge is 0.492 e. The van der Waals surface area contributed by atoms with Gasteiger partial charge in [-0.2, -0.15) is 18.2 Å². The van der Waals surface area contributed by atoms with Crippen LogP contribution in [0.5, 0.6) is 5.75 Å². The van der Waals surface area contributed by atoms with Crippen molar-refractivity contribution >= 4 is 0 Å². The summed E-state index contributed by atoms with van der Waals surface area (Å²) in [7, 11) is 1.89. The number of rotatable bonds is 8. The molecule has 3 rings (SSSR count). The van der Waals surface area contributed by atoms with E-state index in [1.165, 1.54) is 6.07 Å². The summed E-state index contributed by atoms with van der Waals surface area (Å²) in [6.45, 7) is 1.58. The third-order valence-electron chi connectivity index (χ3n) is 4.02. The van der Waals surface area contributed by atoms with Gasteiger partial charge in [-0.15, -0.1) is 0 Å². The van der Waals surface area contributed by atoms with Crippen molar-refractivity contribution in [2.45, 2.75) is 19.1 Å². The molecule has 8 heteroatoms. The molecule has 0 bridgehead atoms. The van der Waals surface area contributed by atoms with Gasteiger partial charge in [-0.05, 0) is 30.8 Å². The average Bonchev–Trinajstić information content (AvgIpc) is 3.09. The van der Waals surface area contributed by atoms with Crippen LogP contribution in [0.1, 0.15) is 22.8 Å². The molecule has 0 radical (unpaired) electrons. The summed E-state index contributed by atoms with van der Waals surface area (Å²) in [6, 6.07) is 14.6. The highest BCUT2D eigenvalue weighted by Crippen LogP contribution is 2.29. The monoisotopic (exact) mass is 391 g/mol. The van der Waals surface area contributed by atoms with Gasteiger partial charge in [0, 0.05) is 13.0 Å². The normalized spacial score (nSPS) is 11.8. The number of ether oxygens (including phenoxy) is 1. The zero-order valence-corrected chi connectivity index (χ0v) is 15.3. The zero-order valence-electron chi connectivity index (χ0n) is 15.3. The molecule has 0 atom stereocenters. The Bertz CT molecular complexity index is 882. The number of para-hydroxylation sites is 1. The Labute approximate surface area is 160 Å². The molecule has 1 heterocycles. The van der Waals surface area contributed by atoms with E-state index in [0.717, 1.165) is 17.9 Å². The first-order chi connectivity index (χ1) is 13.4. The maximum absolute atomic E-state index is 12.8. The topological polar surface area (TPSA) is 51.4 Å². The van der Waals surface area contributed by atoms with Crippen LogP contribution < -0.4 is 4.74 Å². The highest BCUT2D eigenvalue weighted by Gasteiger charge is 2.30. The van der Waals surface area contributed by atoms with Crippen LogP contribution >= 0.6 is 0 Å². The molecule has 148 valence electrons. The van der Waals surface area contributed by atoms with Crippen LogP contribution in [0, 0.1) is 0 Å².